The molecule has 0 fully saturated rings. The van der Waals surface area contributed by atoms with Crippen molar-refractivity contribution in [3.63, 3.8) is 0 Å². The zero-order valence-corrected chi connectivity index (χ0v) is 14.8. The first-order valence-electron chi connectivity index (χ1n) is 7.95. The van der Waals surface area contributed by atoms with Gasteiger partial charge in [0.05, 0.1) is 18.5 Å². The maximum atomic E-state index is 11.1. The molecule has 0 radical (unpaired) electrons. The molecule has 0 heterocycles. The van der Waals surface area contributed by atoms with Gasteiger partial charge >= 0.3 is 0 Å². The molecule has 128 valence electrons. The van der Waals surface area contributed by atoms with E-state index in [1.807, 2.05) is 0 Å². The summed E-state index contributed by atoms with van der Waals surface area (Å²) in [5.74, 6) is 0.643. The predicted octanol–water partition coefficient (Wildman–Crippen LogP) is 1.60. The molecule has 0 rings (SSSR count). The molecule has 0 saturated heterocycles. The van der Waals surface area contributed by atoms with Gasteiger partial charge in [-0.25, -0.2) is 8.42 Å². The lowest BCUT2D eigenvalue weighted by Crippen LogP contribution is -2.39. The SMILES string of the molecule is CCCCC(CC)COCC(O)CNC(C)CS(C)(=O)=O. The van der Waals surface area contributed by atoms with E-state index in [1.54, 1.807) is 6.92 Å². The Balaban J connectivity index is 3.77. The Labute approximate surface area is 130 Å². The van der Waals surface area contributed by atoms with Crippen LogP contribution in [0.4, 0.5) is 0 Å². The van der Waals surface area contributed by atoms with Gasteiger partial charge in [-0.15, -0.1) is 0 Å². The van der Waals surface area contributed by atoms with E-state index in [9.17, 15) is 13.5 Å². The van der Waals surface area contributed by atoms with Crippen LogP contribution in [0.5, 0.6) is 0 Å². The van der Waals surface area contributed by atoms with Crippen LogP contribution in [0, 0.1) is 5.92 Å². The average molecular weight is 323 g/mol. The topological polar surface area (TPSA) is 75.6 Å². The van der Waals surface area contributed by atoms with E-state index >= 15 is 0 Å². The van der Waals surface area contributed by atoms with E-state index in [2.05, 4.69) is 19.2 Å². The van der Waals surface area contributed by atoms with Gasteiger partial charge in [-0.05, 0) is 19.3 Å². The molecule has 0 aliphatic carbocycles. The van der Waals surface area contributed by atoms with Gasteiger partial charge in [0.1, 0.15) is 9.84 Å². The van der Waals surface area contributed by atoms with Crippen LogP contribution in [0.1, 0.15) is 46.5 Å². The number of aliphatic hydroxyl groups is 1. The summed E-state index contributed by atoms with van der Waals surface area (Å²) in [6.45, 7) is 7.47. The second-order valence-electron chi connectivity index (χ2n) is 6.01. The maximum Gasteiger partial charge on any atom is 0.148 e. The molecule has 0 saturated carbocycles. The Morgan fingerprint density at radius 3 is 2.43 bits per heavy atom. The Bertz CT molecular complexity index is 346. The second kappa shape index (κ2) is 11.4. The van der Waals surface area contributed by atoms with Gasteiger partial charge in [0.2, 0.25) is 0 Å². The lowest BCUT2D eigenvalue weighted by Gasteiger charge is -2.19. The molecule has 0 aliphatic heterocycles. The van der Waals surface area contributed by atoms with Crippen LogP contribution in [0.2, 0.25) is 0 Å². The minimum Gasteiger partial charge on any atom is -0.389 e. The van der Waals surface area contributed by atoms with Crippen LogP contribution in [-0.4, -0.2) is 57.4 Å². The fourth-order valence-electron chi connectivity index (χ4n) is 2.18. The molecule has 21 heavy (non-hydrogen) atoms. The summed E-state index contributed by atoms with van der Waals surface area (Å²) in [7, 11) is -2.99. The van der Waals surface area contributed by atoms with Gasteiger partial charge in [0.15, 0.2) is 0 Å². The van der Waals surface area contributed by atoms with Crippen LogP contribution in [0.25, 0.3) is 0 Å². The van der Waals surface area contributed by atoms with Crippen molar-refractivity contribution in [2.75, 3.05) is 31.8 Å². The van der Waals surface area contributed by atoms with Crippen LogP contribution in [0.15, 0.2) is 0 Å². The first kappa shape index (κ1) is 20.8. The summed E-state index contributed by atoms with van der Waals surface area (Å²) in [6.07, 6.45) is 5.30. The van der Waals surface area contributed by atoms with E-state index in [0.717, 1.165) is 6.42 Å². The van der Waals surface area contributed by atoms with Crippen molar-refractivity contribution < 1.29 is 18.3 Å². The van der Waals surface area contributed by atoms with Crippen molar-refractivity contribution >= 4 is 9.84 Å². The molecule has 5 nitrogen and oxygen atoms in total. The molecular weight excluding hydrogens is 290 g/mol. The minimum atomic E-state index is -2.99. The molecule has 6 heteroatoms. The quantitative estimate of drug-likeness (QED) is 0.538. The standard InChI is InChI=1S/C15H33NO4S/c1-5-7-8-14(6-2)10-20-11-15(17)9-16-13(3)12-21(4,18)19/h13-17H,5-12H2,1-4H3. The van der Waals surface area contributed by atoms with Crippen LogP contribution in [-0.2, 0) is 14.6 Å². The third-order valence-electron chi connectivity index (χ3n) is 3.46. The van der Waals surface area contributed by atoms with Gasteiger partial charge in [-0.3, -0.25) is 0 Å². The maximum absolute atomic E-state index is 11.1. The highest BCUT2D eigenvalue weighted by molar-refractivity contribution is 7.90. The van der Waals surface area contributed by atoms with E-state index in [1.165, 1.54) is 25.5 Å². The lowest BCUT2D eigenvalue weighted by atomic mass is 10.0. The fourth-order valence-corrected chi connectivity index (χ4v) is 3.20. The highest BCUT2D eigenvalue weighted by Gasteiger charge is 2.13. The fraction of sp³-hybridized carbons (Fsp3) is 1.00. The van der Waals surface area contributed by atoms with Crippen molar-refractivity contribution in [2.45, 2.75) is 58.6 Å². The van der Waals surface area contributed by atoms with Gasteiger partial charge < -0.3 is 15.2 Å². The smallest absolute Gasteiger partial charge is 0.148 e. The molecular formula is C15H33NO4S. The second-order valence-corrected chi connectivity index (χ2v) is 8.19. The number of ether oxygens (including phenoxy) is 1. The summed E-state index contributed by atoms with van der Waals surface area (Å²) in [4.78, 5) is 0. The van der Waals surface area contributed by atoms with Crippen LogP contribution < -0.4 is 5.32 Å². The summed E-state index contributed by atoms with van der Waals surface area (Å²) < 4.78 is 27.8. The van der Waals surface area contributed by atoms with Crippen molar-refractivity contribution in [3.05, 3.63) is 0 Å². The van der Waals surface area contributed by atoms with E-state index in [0.29, 0.717) is 25.7 Å². The predicted molar refractivity (Wildman–Crippen MR) is 87.3 cm³/mol. The number of rotatable bonds is 13. The van der Waals surface area contributed by atoms with Crippen LogP contribution >= 0.6 is 0 Å². The molecule has 0 aliphatic rings. The zero-order valence-electron chi connectivity index (χ0n) is 14.0. The van der Waals surface area contributed by atoms with Gasteiger partial charge in [0, 0.05) is 25.4 Å². The lowest BCUT2D eigenvalue weighted by molar-refractivity contribution is 0.0187. The molecule has 3 unspecified atom stereocenters. The number of nitrogens with one attached hydrogen (secondary N) is 1. The van der Waals surface area contributed by atoms with E-state index < -0.39 is 15.9 Å². The number of unbranched alkanes of at least 4 members (excludes halogenated alkanes) is 1. The monoisotopic (exact) mass is 323 g/mol. The van der Waals surface area contributed by atoms with Crippen molar-refractivity contribution in [1.82, 2.24) is 5.32 Å². The number of hydrogen-bond acceptors (Lipinski definition) is 5. The number of sulfone groups is 1. The van der Waals surface area contributed by atoms with Crippen molar-refractivity contribution in [1.29, 1.82) is 0 Å². The van der Waals surface area contributed by atoms with Gasteiger partial charge in [-0.2, -0.15) is 0 Å². The first-order valence-corrected chi connectivity index (χ1v) is 10.0. The molecule has 0 bridgehead atoms. The van der Waals surface area contributed by atoms with Gasteiger partial charge in [-0.1, -0.05) is 33.1 Å². The summed E-state index contributed by atoms with van der Waals surface area (Å²) in [5.41, 5.74) is 0. The first-order chi connectivity index (χ1) is 9.78. The summed E-state index contributed by atoms with van der Waals surface area (Å²) in [5, 5.41) is 12.8. The molecule has 3 atom stereocenters. The minimum absolute atomic E-state index is 0.0789. The zero-order chi connectivity index (χ0) is 16.3. The Hall–Kier alpha value is -0.170. The Kier molecular flexibility index (Phi) is 11.3. The average Bonchev–Trinajstić information content (AvgIpc) is 2.38. The normalized spacial score (nSPS) is 16.6. The highest BCUT2D eigenvalue weighted by Crippen LogP contribution is 2.12. The Morgan fingerprint density at radius 1 is 1.24 bits per heavy atom. The van der Waals surface area contributed by atoms with Crippen molar-refractivity contribution in [2.24, 2.45) is 5.92 Å². The Morgan fingerprint density at radius 2 is 1.90 bits per heavy atom. The molecule has 0 amide bonds. The summed E-state index contributed by atoms with van der Waals surface area (Å²) >= 11 is 0. The molecule has 0 spiro atoms. The van der Waals surface area contributed by atoms with E-state index in [-0.39, 0.29) is 11.8 Å². The largest absolute Gasteiger partial charge is 0.389 e. The van der Waals surface area contributed by atoms with Crippen molar-refractivity contribution in [3.8, 4) is 0 Å². The molecule has 0 aromatic rings. The molecule has 0 aromatic carbocycles. The number of aliphatic hydroxyl groups excluding tert-OH is 1. The third-order valence-corrected chi connectivity index (χ3v) is 4.57. The summed E-state index contributed by atoms with van der Waals surface area (Å²) in [6, 6.07) is -0.164. The number of hydrogen-bond donors (Lipinski definition) is 2. The molecule has 0 aromatic heterocycles. The highest BCUT2D eigenvalue weighted by atomic mass is 32.2. The van der Waals surface area contributed by atoms with E-state index in [4.69, 9.17) is 4.74 Å². The third kappa shape index (κ3) is 13.2. The molecule has 2 N–H and O–H groups in total. The van der Waals surface area contributed by atoms with Gasteiger partial charge in [0.25, 0.3) is 0 Å². The van der Waals surface area contributed by atoms with Crippen LogP contribution in [0.3, 0.4) is 0 Å².